The average Bonchev–Trinajstić information content (AvgIpc) is 4.05. The highest BCUT2D eigenvalue weighted by atomic mass is 32.2. The zero-order valence-corrected chi connectivity index (χ0v) is 37.7. The third-order valence-electron chi connectivity index (χ3n) is 13.8. The number of hydrogen-bond acceptors (Lipinski definition) is 3. The molecule has 0 N–H and O–H groups in total. The van der Waals surface area contributed by atoms with Crippen LogP contribution < -0.4 is 20.7 Å². The van der Waals surface area contributed by atoms with Crippen LogP contribution in [-0.2, 0) is 0 Å². The molecule has 2 nitrogen and oxygen atoms in total. The molecule has 1 unspecified atom stereocenters. The van der Waals surface area contributed by atoms with Gasteiger partial charge in [-0.2, -0.15) is 0 Å². The molecule has 65 heavy (non-hydrogen) atoms. The molecule has 0 saturated heterocycles. The molecule has 0 aliphatic carbocycles. The Morgan fingerprint density at radius 2 is 0.985 bits per heavy atom. The van der Waals surface area contributed by atoms with Gasteiger partial charge < -0.3 is 8.98 Å². The Morgan fingerprint density at radius 1 is 0.385 bits per heavy atom. The molecule has 10 aromatic carbocycles. The first-order chi connectivity index (χ1) is 32.2. The molecule has 0 fully saturated rings. The third kappa shape index (κ3) is 5.47. The van der Waals surface area contributed by atoms with E-state index < -0.39 is 8.07 Å². The molecule has 13 aromatic rings. The van der Waals surface area contributed by atoms with Gasteiger partial charge in [0, 0.05) is 57.2 Å². The predicted molar refractivity (Wildman–Crippen MR) is 280 cm³/mol. The Bertz CT molecular complexity index is 3990. The Kier molecular flexibility index (Phi) is 8.14. The van der Waals surface area contributed by atoms with E-state index in [1.165, 1.54) is 94.8 Å². The van der Waals surface area contributed by atoms with Gasteiger partial charge in [0.05, 0.1) is 11.0 Å². The van der Waals surface area contributed by atoms with Gasteiger partial charge in [0.1, 0.15) is 11.2 Å². The van der Waals surface area contributed by atoms with Crippen molar-refractivity contribution in [2.45, 2.75) is 9.79 Å². The molecule has 0 amide bonds. The summed E-state index contributed by atoms with van der Waals surface area (Å²) in [6, 6.07) is 83.7. The lowest BCUT2D eigenvalue weighted by Gasteiger charge is -2.40. The average molecular weight is 880 g/mol. The van der Waals surface area contributed by atoms with Crippen LogP contribution in [0.5, 0.6) is 0 Å². The number of rotatable bonds is 5. The Balaban J connectivity index is 0.954. The fourth-order valence-corrected chi connectivity index (χ4v) is 19.0. The first-order valence-corrected chi connectivity index (χ1v) is 25.8. The van der Waals surface area contributed by atoms with Crippen molar-refractivity contribution in [3.63, 3.8) is 0 Å². The van der Waals surface area contributed by atoms with E-state index in [-0.39, 0.29) is 0 Å². The quantitative estimate of drug-likeness (QED) is 0.160. The number of benzene rings is 10. The van der Waals surface area contributed by atoms with Gasteiger partial charge in [0.15, 0.2) is 8.07 Å². The van der Waals surface area contributed by atoms with Crippen LogP contribution in [0.3, 0.4) is 0 Å². The maximum absolute atomic E-state index is 6.45. The molecular weight excluding hydrogens is 843 g/mol. The number of aromatic nitrogens is 1. The third-order valence-corrected chi connectivity index (χ3v) is 21.3. The highest BCUT2D eigenvalue weighted by Gasteiger charge is 2.47. The summed E-state index contributed by atoms with van der Waals surface area (Å²) in [6.45, 7) is 0. The summed E-state index contributed by atoms with van der Waals surface area (Å²) in [5, 5.41) is 13.1. The summed E-state index contributed by atoms with van der Waals surface area (Å²) in [5.74, 6) is 0. The van der Waals surface area contributed by atoms with Crippen LogP contribution in [0.25, 0.3) is 91.9 Å². The van der Waals surface area contributed by atoms with Crippen molar-refractivity contribution in [3.8, 4) is 27.9 Å². The first kappa shape index (κ1) is 37.0. The van der Waals surface area contributed by atoms with Crippen molar-refractivity contribution in [2.75, 3.05) is 0 Å². The second kappa shape index (κ2) is 14.3. The topological polar surface area (TPSA) is 18.1 Å². The normalized spacial score (nSPS) is 14.8. The lowest BCUT2D eigenvalue weighted by atomic mass is 9.99. The van der Waals surface area contributed by atoms with Crippen LogP contribution >= 0.6 is 23.1 Å². The number of para-hydroxylation sites is 3. The van der Waals surface area contributed by atoms with Gasteiger partial charge in [-0.25, -0.2) is 0 Å². The second-order valence-corrected chi connectivity index (χ2v) is 23.0. The number of nitrogens with zero attached hydrogens (tertiary/aromatic N) is 1. The van der Waals surface area contributed by atoms with Gasteiger partial charge in [-0.15, -0.1) is 11.3 Å². The Morgan fingerprint density at radius 3 is 1.78 bits per heavy atom. The summed E-state index contributed by atoms with van der Waals surface area (Å²) in [6.07, 6.45) is 0. The van der Waals surface area contributed by atoms with Crippen molar-refractivity contribution >= 4 is 116 Å². The minimum atomic E-state index is -2.95. The SMILES string of the molecule is c1ccc2c(c1)Sc1cc(-c3cccc4sc5ccccc5c34)ccc1[Si]2(c1ccc(-c2ccc(-n3c4ccccc4c4ccccc43)cc2)cc1)c1ccc2oc3ccccc3c2c1. The summed E-state index contributed by atoms with van der Waals surface area (Å²) in [5.41, 5.74) is 10.4. The molecule has 4 heterocycles. The van der Waals surface area contributed by atoms with Crippen molar-refractivity contribution in [2.24, 2.45) is 0 Å². The van der Waals surface area contributed by atoms with Crippen LogP contribution in [0, 0.1) is 0 Å². The zero-order chi connectivity index (χ0) is 42.6. The number of fused-ring (bicyclic) bond motifs is 11. The predicted octanol–water partition coefficient (Wildman–Crippen LogP) is 14.2. The number of thiophene rings is 1. The van der Waals surface area contributed by atoms with Crippen LogP contribution in [0.1, 0.15) is 0 Å². The fraction of sp³-hybridized carbons (Fsp3) is 0. The minimum absolute atomic E-state index is 0.920. The van der Waals surface area contributed by atoms with Gasteiger partial charge in [-0.3, -0.25) is 0 Å². The molecule has 0 bridgehead atoms. The van der Waals surface area contributed by atoms with E-state index in [4.69, 9.17) is 4.42 Å². The first-order valence-electron chi connectivity index (χ1n) is 22.1. The van der Waals surface area contributed by atoms with Crippen LogP contribution in [-0.4, -0.2) is 12.6 Å². The van der Waals surface area contributed by atoms with E-state index >= 15 is 0 Å². The van der Waals surface area contributed by atoms with Crippen LogP contribution in [0.15, 0.2) is 239 Å². The van der Waals surface area contributed by atoms with Gasteiger partial charge in [-0.1, -0.05) is 176 Å². The van der Waals surface area contributed by atoms with E-state index in [0.29, 0.717) is 0 Å². The molecule has 0 saturated carbocycles. The number of hydrogen-bond donors (Lipinski definition) is 0. The standard InChI is InChI=1S/C60H37NOS2Si/c1-5-17-50-45(12-1)46-13-2-6-18-51(46)61(50)41-29-24-38(25-30-41)39-26-31-42(32-27-39)65(43-33-34-53-49(37-43)47-14-3-7-19-52(47)62-53)58-23-10-9-21-55(58)64-57-36-40(28-35-59(57)65)44-16-11-22-56-60(44)48-15-4-8-20-54(48)63-56/h1-37H. The van der Waals surface area contributed by atoms with Gasteiger partial charge >= 0.3 is 0 Å². The molecule has 1 aliphatic rings. The fourth-order valence-electron chi connectivity index (χ4n) is 10.9. The lowest BCUT2D eigenvalue weighted by Crippen LogP contribution is -2.76. The summed E-state index contributed by atoms with van der Waals surface area (Å²) >= 11 is 3.80. The molecule has 5 heteroatoms. The molecule has 3 aromatic heterocycles. The Hall–Kier alpha value is -7.41. The van der Waals surface area contributed by atoms with E-state index in [2.05, 4.69) is 229 Å². The maximum atomic E-state index is 6.45. The highest BCUT2D eigenvalue weighted by molar-refractivity contribution is 8.00. The molecule has 0 radical (unpaired) electrons. The molecule has 0 spiro atoms. The maximum Gasteiger partial charge on any atom is 0.181 e. The van der Waals surface area contributed by atoms with Crippen molar-refractivity contribution in [1.82, 2.24) is 4.57 Å². The van der Waals surface area contributed by atoms with E-state index in [9.17, 15) is 0 Å². The summed E-state index contributed by atoms with van der Waals surface area (Å²) in [7, 11) is -2.95. The van der Waals surface area contributed by atoms with E-state index in [1.54, 1.807) is 0 Å². The molecular formula is C60H37NOS2Si. The van der Waals surface area contributed by atoms with E-state index in [1.807, 2.05) is 23.1 Å². The Labute approximate surface area is 384 Å². The molecule has 14 rings (SSSR count). The van der Waals surface area contributed by atoms with Gasteiger partial charge in [0.2, 0.25) is 0 Å². The van der Waals surface area contributed by atoms with Crippen LogP contribution in [0.4, 0.5) is 0 Å². The number of furan rings is 1. The van der Waals surface area contributed by atoms with Gasteiger partial charge in [-0.05, 0) is 104 Å². The molecule has 1 atom stereocenters. The van der Waals surface area contributed by atoms with Crippen molar-refractivity contribution < 1.29 is 4.42 Å². The summed E-state index contributed by atoms with van der Waals surface area (Å²) < 4.78 is 11.5. The monoisotopic (exact) mass is 879 g/mol. The van der Waals surface area contributed by atoms with Crippen LogP contribution in [0.2, 0.25) is 0 Å². The van der Waals surface area contributed by atoms with Crippen molar-refractivity contribution in [3.05, 3.63) is 224 Å². The highest BCUT2D eigenvalue weighted by Crippen LogP contribution is 2.42. The smallest absolute Gasteiger partial charge is 0.181 e. The van der Waals surface area contributed by atoms with Crippen molar-refractivity contribution in [1.29, 1.82) is 0 Å². The van der Waals surface area contributed by atoms with E-state index in [0.717, 1.165) is 27.6 Å². The summed E-state index contributed by atoms with van der Waals surface area (Å²) in [4.78, 5) is 2.65. The largest absolute Gasteiger partial charge is 0.456 e. The second-order valence-electron chi connectivity index (χ2n) is 17.1. The molecule has 1 aliphatic heterocycles. The van der Waals surface area contributed by atoms with Gasteiger partial charge in [0.25, 0.3) is 0 Å². The minimum Gasteiger partial charge on any atom is -0.456 e. The lowest BCUT2D eigenvalue weighted by molar-refractivity contribution is 0.669. The zero-order valence-electron chi connectivity index (χ0n) is 35.0. The molecule has 304 valence electrons.